The SMILES string of the molecule is CC1COCC(C)N1C(=O)c1ccc(S(=O)(=O)/C(C#N)=C/c2cc(C(C)(C)C)c(O)c(C(C)(C)C)c2)cc1. The molecule has 8 heteroatoms. The largest absolute Gasteiger partial charge is 0.507 e. The van der Waals surface area contributed by atoms with Gasteiger partial charge in [-0.25, -0.2) is 8.42 Å². The number of sulfone groups is 1. The molecule has 3 rings (SSSR count). The minimum absolute atomic E-state index is 0.0733. The predicted molar refractivity (Wildman–Crippen MR) is 149 cm³/mol. The van der Waals surface area contributed by atoms with Gasteiger partial charge in [0, 0.05) is 16.7 Å². The number of phenols is 1. The number of morpholine rings is 1. The number of nitrogens with zero attached hydrogens (tertiary/aromatic N) is 2. The smallest absolute Gasteiger partial charge is 0.254 e. The van der Waals surface area contributed by atoms with E-state index >= 15 is 0 Å². The highest BCUT2D eigenvalue weighted by Gasteiger charge is 2.31. The van der Waals surface area contributed by atoms with Gasteiger partial charge in [-0.1, -0.05) is 41.5 Å². The van der Waals surface area contributed by atoms with Crippen molar-refractivity contribution in [3.05, 3.63) is 63.6 Å². The number of carbonyl (C=O) groups is 1. The third-order valence-electron chi connectivity index (χ3n) is 6.76. The van der Waals surface area contributed by atoms with Crippen molar-refractivity contribution in [3.8, 4) is 11.8 Å². The van der Waals surface area contributed by atoms with Crippen molar-refractivity contribution in [2.24, 2.45) is 0 Å². The van der Waals surface area contributed by atoms with Crippen molar-refractivity contribution in [2.75, 3.05) is 13.2 Å². The van der Waals surface area contributed by atoms with Gasteiger partial charge in [-0.05, 0) is 72.7 Å². The molecule has 2 aromatic rings. The van der Waals surface area contributed by atoms with Gasteiger partial charge in [0.05, 0.1) is 30.2 Å². The average molecular weight is 539 g/mol. The first-order chi connectivity index (χ1) is 17.5. The summed E-state index contributed by atoms with van der Waals surface area (Å²) in [6.45, 7) is 16.5. The second kappa shape index (κ2) is 10.5. The van der Waals surface area contributed by atoms with Crippen molar-refractivity contribution < 1.29 is 23.1 Å². The lowest BCUT2D eigenvalue weighted by atomic mass is 9.78. The van der Waals surface area contributed by atoms with Gasteiger partial charge in [0.25, 0.3) is 5.91 Å². The first kappa shape index (κ1) is 29.4. The maximum Gasteiger partial charge on any atom is 0.254 e. The molecule has 0 spiro atoms. The number of benzene rings is 2. The zero-order valence-corrected chi connectivity index (χ0v) is 24.3. The molecule has 2 aromatic carbocycles. The third-order valence-corrected chi connectivity index (χ3v) is 8.44. The third kappa shape index (κ3) is 5.95. The number of hydrogen-bond acceptors (Lipinski definition) is 6. The Morgan fingerprint density at radius 3 is 1.89 bits per heavy atom. The Morgan fingerprint density at radius 2 is 1.47 bits per heavy atom. The van der Waals surface area contributed by atoms with Crippen LogP contribution in [0.1, 0.15) is 82.4 Å². The van der Waals surface area contributed by atoms with Gasteiger partial charge in [-0.3, -0.25) is 4.79 Å². The van der Waals surface area contributed by atoms with Gasteiger partial charge in [0.15, 0.2) is 0 Å². The van der Waals surface area contributed by atoms with Crippen molar-refractivity contribution in [1.82, 2.24) is 4.90 Å². The van der Waals surface area contributed by atoms with Crippen LogP contribution in [0.4, 0.5) is 0 Å². The molecular weight excluding hydrogens is 500 g/mol. The first-order valence-corrected chi connectivity index (χ1v) is 14.2. The van der Waals surface area contributed by atoms with Crippen molar-refractivity contribution in [1.29, 1.82) is 5.26 Å². The van der Waals surface area contributed by atoms with E-state index < -0.39 is 25.6 Å². The molecule has 38 heavy (non-hydrogen) atoms. The van der Waals surface area contributed by atoms with Crippen LogP contribution in [0.3, 0.4) is 0 Å². The lowest BCUT2D eigenvalue weighted by Gasteiger charge is -2.38. The summed E-state index contributed by atoms with van der Waals surface area (Å²) in [4.78, 5) is 14.4. The molecule has 0 bridgehead atoms. The van der Waals surface area contributed by atoms with Crippen LogP contribution in [0.5, 0.6) is 5.75 Å². The zero-order chi connectivity index (χ0) is 28.6. The number of phenolic OH excluding ortho intramolecular Hbond substituents is 1. The lowest BCUT2D eigenvalue weighted by molar-refractivity contribution is -0.0249. The van der Waals surface area contributed by atoms with E-state index in [1.54, 1.807) is 17.0 Å². The molecule has 0 aliphatic carbocycles. The molecule has 0 saturated carbocycles. The maximum atomic E-state index is 13.4. The number of carbonyl (C=O) groups excluding carboxylic acids is 1. The Hall–Kier alpha value is -3.15. The molecular formula is C30H38N2O5S. The monoisotopic (exact) mass is 538 g/mol. The number of amides is 1. The van der Waals surface area contributed by atoms with Crippen LogP contribution in [0, 0.1) is 11.3 Å². The van der Waals surface area contributed by atoms with E-state index in [4.69, 9.17) is 4.74 Å². The van der Waals surface area contributed by atoms with E-state index in [9.17, 15) is 23.6 Å². The molecule has 204 valence electrons. The molecule has 1 heterocycles. The molecule has 1 aliphatic rings. The average Bonchev–Trinajstić information content (AvgIpc) is 2.81. The van der Waals surface area contributed by atoms with E-state index in [1.807, 2.05) is 61.5 Å². The number of hydrogen-bond donors (Lipinski definition) is 1. The molecule has 1 saturated heterocycles. The number of aromatic hydroxyl groups is 1. The Kier molecular flexibility index (Phi) is 8.16. The number of rotatable bonds is 4. The van der Waals surface area contributed by atoms with E-state index in [1.165, 1.54) is 30.3 Å². The molecule has 7 nitrogen and oxygen atoms in total. The zero-order valence-electron chi connectivity index (χ0n) is 23.5. The molecule has 1 fully saturated rings. The van der Waals surface area contributed by atoms with Crippen LogP contribution in [0.25, 0.3) is 6.08 Å². The van der Waals surface area contributed by atoms with Crippen molar-refractivity contribution in [2.45, 2.75) is 83.2 Å². The molecule has 1 aliphatic heterocycles. The van der Waals surface area contributed by atoms with Crippen LogP contribution in [-0.4, -0.2) is 49.6 Å². The summed E-state index contributed by atoms with van der Waals surface area (Å²) in [5.41, 5.74) is 1.41. The normalized spacial score (nSPS) is 19.2. The van der Waals surface area contributed by atoms with Gasteiger partial charge >= 0.3 is 0 Å². The quantitative estimate of drug-likeness (QED) is 0.510. The van der Waals surface area contributed by atoms with Gasteiger partial charge in [-0.2, -0.15) is 5.26 Å². The van der Waals surface area contributed by atoms with Crippen LogP contribution >= 0.6 is 0 Å². The van der Waals surface area contributed by atoms with E-state index in [0.717, 1.165) is 0 Å². The van der Waals surface area contributed by atoms with Crippen molar-refractivity contribution >= 4 is 21.8 Å². The second-order valence-electron chi connectivity index (χ2n) is 12.1. The fraction of sp³-hybridized carbons (Fsp3) is 0.467. The molecule has 1 N–H and O–H groups in total. The van der Waals surface area contributed by atoms with Gasteiger partial charge in [0.1, 0.15) is 16.7 Å². The topological polar surface area (TPSA) is 108 Å². The maximum absolute atomic E-state index is 13.4. The fourth-order valence-electron chi connectivity index (χ4n) is 4.66. The highest BCUT2D eigenvalue weighted by molar-refractivity contribution is 7.95. The Morgan fingerprint density at radius 1 is 1.00 bits per heavy atom. The summed E-state index contributed by atoms with van der Waals surface area (Å²) >= 11 is 0. The predicted octanol–water partition coefficient (Wildman–Crippen LogP) is 5.57. The Labute approximate surface area is 226 Å². The highest BCUT2D eigenvalue weighted by atomic mass is 32.2. The number of allylic oxidation sites excluding steroid dienone is 1. The van der Waals surface area contributed by atoms with Crippen LogP contribution in [0.15, 0.2) is 46.2 Å². The van der Waals surface area contributed by atoms with Gasteiger partial charge in [0.2, 0.25) is 9.84 Å². The molecule has 0 radical (unpaired) electrons. The van der Waals surface area contributed by atoms with Crippen LogP contribution < -0.4 is 0 Å². The summed E-state index contributed by atoms with van der Waals surface area (Å²) in [5.74, 6) is -0.0190. The Balaban J connectivity index is 2.02. The van der Waals surface area contributed by atoms with Gasteiger partial charge in [-0.15, -0.1) is 0 Å². The highest BCUT2D eigenvalue weighted by Crippen LogP contribution is 2.40. The second-order valence-corrected chi connectivity index (χ2v) is 14.0. The lowest BCUT2D eigenvalue weighted by Crippen LogP contribution is -2.52. The molecule has 2 unspecified atom stereocenters. The number of ether oxygens (including phenoxy) is 1. The summed E-state index contributed by atoms with van der Waals surface area (Å²) in [6.07, 6.45) is 1.34. The minimum atomic E-state index is -4.15. The van der Waals surface area contributed by atoms with E-state index in [0.29, 0.717) is 35.5 Å². The summed E-state index contributed by atoms with van der Waals surface area (Å²) in [6, 6.07) is 10.8. The molecule has 2 atom stereocenters. The van der Waals surface area contributed by atoms with Crippen LogP contribution in [0.2, 0.25) is 0 Å². The minimum Gasteiger partial charge on any atom is -0.507 e. The standard InChI is InChI=1S/C30H38N2O5S/c1-19-17-37-18-20(2)32(19)28(34)22-9-11-23(12-10-22)38(35,36)24(16-31)13-21-14-25(29(3,4)5)27(33)26(15-21)30(6,7)8/h9-15,19-20,33H,17-18H2,1-8H3/b24-13+. The van der Waals surface area contributed by atoms with Crippen molar-refractivity contribution in [3.63, 3.8) is 0 Å². The summed E-state index contributed by atoms with van der Waals surface area (Å²) in [7, 11) is -4.15. The first-order valence-electron chi connectivity index (χ1n) is 12.7. The molecule has 0 aromatic heterocycles. The number of nitriles is 1. The van der Waals surface area contributed by atoms with E-state index in [2.05, 4.69) is 0 Å². The van der Waals surface area contributed by atoms with Gasteiger partial charge < -0.3 is 14.7 Å². The summed E-state index contributed by atoms with van der Waals surface area (Å²) in [5, 5.41) is 20.8. The Bertz CT molecular complexity index is 1340. The van der Waals surface area contributed by atoms with Crippen LogP contribution in [-0.2, 0) is 25.4 Å². The fourth-order valence-corrected chi connectivity index (χ4v) is 5.82. The summed E-state index contributed by atoms with van der Waals surface area (Å²) < 4.78 is 32.4. The van der Waals surface area contributed by atoms with E-state index in [-0.39, 0.29) is 28.6 Å². The molecule has 1 amide bonds.